The third-order valence-electron chi connectivity index (χ3n) is 7.72. The molecule has 0 spiro atoms. The number of benzene rings is 2. The predicted octanol–water partition coefficient (Wildman–Crippen LogP) is 3.75. The van der Waals surface area contributed by atoms with E-state index in [2.05, 4.69) is 31.5 Å². The number of nitriles is 1. The molecule has 2 aromatic carbocycles. The fraction of sp³-hybridized carbons (Fsp3) is 0.267. The number of rotatable bonds is 5. The van der Waals surface area contributed by atoms with Gasteiger partial charge in [0.15, 0.2) is 11.9 Å². The minimum absolute atomic E-state index is 0.0489. The molecule has 10 nitrogen and oxygen atoms in total. The van der Waals surface area contributed by atoms with Crippen LogP contribution in [-0.2, 0) is 16.0 Å². The van der Waals surface area contributed by atoms with Crippen molar-refractivity contribution in [1.29, 1.82) is 5.26 Å². The van der Waals surface area contributed by atoms with Crippen LogP contribution in [0.25, 0.3) is 11.6 Å². The number of pyridine rings is 1. The van der Waals surface area contributed by atoms with E-state index in [1.807, 2.05) is 60.7 Å². The number of Topliss-reactive ketones (excluding diaryl/α,β-unsaturated/α-hetero) is 1. The summed E-state index contributed by atoms with van der Waals surface area (Å²) in [7, 11) is 0. The quantitative estimate of drug-likeness (QED) is 0.409. The summed E-state index contributed by atoms with van der Waals surface area (Å²) in [4.78, 5) is 25.0. The maximum absolute atomic E-state index is 13.3. The maximum atomic E-state index is 13.3. The lowest BCUT2D eigenvalue weighted by atomic mass is 9.91. The number of nitrogens with zero attached hydrogens (tertiary/aromatic N) is 6. The highest BCUT2D eigenvalue weighted by Crippen LogP contribution is 2.43. The molecule has 4 atom stereocenters. The first-order valence-corrected chi connectivity index (χ1v) is 13.2. The van der Waals surface area contributed by atoms with Gasteiger partial charge in [0.05, 0.1) is 24.6 Å². The Bertz CT molecular complexity index is 1640. The van der Waals surface area contributed by atoms with Crippen molar-refractivity contribution in [3.05, 3.63) is 94.7 Å². The van der Waals surface area contributed by atoms with Gasteiger partial charge >= 0.3 is 6.01 Å². The lowest BCUT2D eigenvalue weighted by Gasteiger charge is -2.33. The van der Waals surface area contributed by atoms with Gasteiger partial charge in [-0.05, 0) is 18.1 Å². The number of ketones is 1. The molecule has 4 aromatic rings. The van der Waals surface area contributed by atoms with E-state index in [0.717, 1.165) is 40.9 Å². The van der Waals surface area contributed by atoms with Crippen molar-refractivity contribution in [2.24, 2.45) is 10.9 Å². The van der Waals surface area contributed by atoms with Crippen LogP contribution in [0.2, 0.25) is 0 Å². The monoisotopic (exact) mass is 531 g/mol. The van der Waals surface area contributed by atoms with Crippen LogP contribution in [0.1, 0.15) is 40.3 Å². The Labute approximate surface area is 230 Å². The second-order valence-corrected chi connectivity index (χ2v) is 10.2. The standard InChI is InChI=1S/C30H25N7O3/c31-14-18-12-23(27-21-10-11-37(27)17-39-16-21)26(32-15-18)29-35-36-30(40-29)34-28-24(38)13-20-8-4-5-9-22(20)25(33-28)19-6-2-1-3-7-19/h1-9,12,15,21,27-28H,10-11,13,16-17H2,(H,34,36)/t21?,27?,28-/m1/s1. The fourth-order valence-electron chi connectivity index (χ4n) is 5.86. The van der Waals surface area contributed by atoms with Crippen molar-refractivity contribution in [3.8, 4) is 17.7 Å². The molecule has 5 heterocycles. The highest BCUT2D eigenvalue weighted by Gasteiger charge is 2.41. The van der Waals surface area contributed by atoms with E-state index in [1.54, 1.807) is 0 Å². The summed E-state index contributed by atoms with van der Waals surface area (Å²) in [5, 5.41) is 21.1. The molecule has 0 amide bonds. The lowest BCUT2D eigenvalue weighted by Crippen LogP contribution is -2.35. The summed E-state index contributed by atoms with van der Waals surface area (Å²) >= 11 is 0. The highest BCUT2D eigenvalue weighted by molar-refractivity contribution is 6.16. The summed E-state index contributed by atoms with van der Waals surface area (Å²) in [6.07, 6.45) is 1.82. The molecule has 10 heteroatoms. The third-order valence-corrected chi connectivity index (χ3v) is 7.72. The van der Waals surface area contributed by atoms with Crippen molar-refractivity contribution in [2.75, 3.05) is 25.2 Å². The number of aromatic nitrogens is 3. The molecule has 7 rings (SSSR count). The second-order valence-electron chi connectivity index (χ2n) is 10.2. The molecule has 40 heavy (non-hydrogen) atoms. The van der Waals surface area contributed by atoms with Crippen molar-refractivity contribution in [1.82, 2.24) is 20.1 Å². The predicted molar refractivity (Wildman–Crippen MR) is 145 cm³/mol. The molecule has 2 aromatic heterocycles. The van der Waals surface area contributed by atoms with Crippen LogP contribution < -0.4 is 5.32 Å². The summed E-state index contributed by atoms with van der Waals surface area (Å²) in [6, 6.07) is 21.8. The second kappa shape index (κ2) is 10.1. The zero-order valence-corrected chi connectivity index (χ0v) is 21.5. The lowest BCUT2D eigenvalue weighted by molar-refractivity contribution is -0.119. The molecule has 1 N–H and O–H groups in total. The molecule has 3 aliphatic rings. The number of aliphatic imine (C=N–C) groups is 1. The van der Waals surface area contributed by atoms with E-state index in [4.69, 9.17) is 14.1 Å². The molecule has 3 aliphatic heterocycles. The largest absolute Gasteiger partial charge is 0.402 e. The fourth-order valence-corrected chi connectivity index (χ4v) is 5.86. The van der Waals surface area contributed by atoms with Gasteiger partial charge in [0.2, 0.25) is 0 Å². The van der Waals surface area contributed by atoms with Gasteiger partial charge < -0.3 is 14.5 Å². The Morgan fingerprint density at radius 3 is 2.77 bits per heavy atom. The van der Waals surface area contributed by atoms with E-state index in [-0.39, 0.29) is 30.2 Å². The van der Waals surface area contributed by atoms with Gasteiger partial charge in [-0.25, -0.2) is 4.98 Å². The van der Waals surface area contributed by atoms with Crippen LogP contribution in [0.3, 0.4) is 0 Å². The van der Waals surface area contributed by atoms with E-state index in [9.17, 15) is 10.1 Å². The van der Waals surface area contributed by atoms with Gasteiger partial charge in [-0.2, -0.15) is 5.26 Å². The Balaban J connectivity index is 1.23. The van der Waals surface area contributed by atoms with Gasteiger partial charge in [0.1, 0.15) is 11.8 Å². The summed E-state index contributed by atoms with van der Waals surface area (Å²) < 4.78 is 11.7. The first kappa shape index (κ1) is 24.3. The molecular weight excluding hydrogens is 506 g/mol. The first-order chi connectivity index (χ1) is 19.7. The first-order valence-electron chi connectivity index (χ1n) is 13.2. The topological polar surface area (TPSA) is 130 Å². The van der Waals surface area contributed by atoms with Crippen LogP contribution in [0.5, 0.6) is 0 Å². The summed E-state index contributed by atoms with van der Waals surface area (Å²) in [5.41, 5.74) is 5.33. The Morgan fingerprint density at radius 1 is 1.07 bits per heavy atom. The van der Waals surface area contributed by atoms with Gasteiger partial charge in [0, 0.05) is 47.8 Å². The summed E-state index contributed by atoms with van der Waals surface area (Å²) in [6.45, 7) is 2.10. The van der Waals surface area contributed by atoms with Crippen molar-refractivity contribution < 1.29 is 13.9 Å². The number of hydrogen-bond acceptors (Lipinski definition) is 10. The minimum Gasteiger partial charge on any atom is -0.402 e. The number of nitrogens with one attached hydrogen (secondary N) is 1. The highest BCUT2D eigenvalue weighted by atomic mass is 16.5. The van der Waals surface area contributed by atoms with Crippen LogP contribution in [0.15, 0.2) is 76.3 Å². The summed E-state index contributed by atoms with van der Waals surface area (Å²) in [5.74, 6) is 0.396. The number of ether oxygens (including phenoxy) is 1. The Hall–Kier alpha value is -4.72. The molecule has 2 saturated heterocycles. The molecule has 3 unspecified atom stereocenters. The Kier molecular flexibility index (Phi) is 6.15. The maximum Gasteiger partial charge on any atom is 0.317 e. The number of carbonyl (C=O) groups excluding carboxylic acids is 1. The van der Waals surface area contributed by atoms with E-state index in [1.165, 1.54) is 6.20 Å². The van der Waals surface area contributed by atoms with Crippen molar-refractivity contribution >= 4 is 17.5 Å². The van der Waals surface area contributed by atoms with E-state index in [0.29, 0.717) is 30.5 Å². The van der Waals surface area contributed by atoms with Crippen LogP contribution in [0.4, 0.5) is 6.01 Å². The number of hydrogen-bond donors (Lipinski definition) is 1. The smallest absolute Gasteiger partial charge is 0.317 e. The molecule has 198 valence electrons. The molecular formula is C30H25N7O3. The Morgan fingerprint density at radius 2 is 1.93 bits per heavy atom. The molecule has 0 aliphatic carbocycles. The average Bonchev–Trinajstić information content (AvgIpc) is 3.51. The van der Waals surface area contributed by atoms with Crippen LogP contribution in [0, 0.1) is 17.2 Å². The molecule has 2 bridgehead atoms. The molecule has 2 fully saturated rings. The molecule has 0 saturated carbocycles. The van der Waals surface area contributed by atoms with Gasteiger partial charge in [0.25, 0.3) is 5.89 Å². The number of fused-ring (bicyclic) bond motifs is 3. The zero-order valence-electron chi connectivity index (χ0n) is 21.5. The van der Waals surface area contributed by atoms with Crippen molar-refractivity contribution in [2.45, 2.75) is 25.0 Å². The van der Waals surface area contributed by atoms with E-state index < -0.39 is 6.17 Å². The third kappa shape index (κ3) is 4.35. The van der Waals surface area contributed by atoms with Crippen LogP contribution >= 0.6 is 0 Å². The van der Waals surface area contributed by atoms with Gasteiger partial charge in [-0.15, -0.1) is 5.10 Å². The SMILES string of the molecule is N#Cc1cnc(-c2nnc(N[C@H]3N=C(c4ccccc4)c4ccccc4CC3=O)o2)c(C2C3CCN2COC3)c1. The average molecular weight is 532 g/mol. The van der Waals surface area contributed by atoms with Gasteiger partial charge in [-0.1, -0.05) is 59.7 Å². The van der Waals surface area contributed by atoms with E-state index >= 15 is 0 Å². The number of anilines is 1. The number of carbonyl (C=O) groups is 1. The van der Waals surface area contributed by atoms with Crippen LogP contribution in [-0.4, -0.2) is 57.6 Å². The zero-order chi connectivity index (χ0) is 27.1. The van der Waals surface area contributed by atoms with Crippen molar-refractivity contribution in [3.63, 3.8) is 0 Å². The normalized spacial score (nSPS) is 23.6. The minimum atomic E-state index is -0.915. The molecule has 0 radical (unpaired) electrons. The van der Waals surface area contributed by atoms with Gasteiger partial charge in [-0.3, -0.25) is 14.7 Å².